The van der Waals surface area contributed by atoms with Gasteiger partial charge in [0.1, 0.15) is 9.84 Å². The minimum Gasteiger partial charge on any atom is -0.395 e. The van der Waals surface area contributed by atoms with Gasteiger partial charge < -0.3 is 10.4 Å². The smallest absolute Gasteiger partial charge is 0.150 e. The van der Waals surface area contributed by atoms with E-state index in [0.29, 0.717) is 6.42 Å². The number of thioether (sulfide) groups is 1. The molecule has 1 aliphatic rings. The average molecular weight is 295 g/mol. The van der Waals surface area contributed by atoms with Gasteiger partial charge in [0.15, 0.2) is 0 Å². The van der Waals surface area contributed by atoms with Crippen molar-refractivity contribution < 1.29 is 13.5 Å². The molecule has 1 saturated carbocycles. The lowest BCUT2D eigenvalue weighted by Gasteiger charge is -2.33. The van der Waals surface area contributed by atoms with E-state index in [2.05, 4.69) is 12.2 Å². The molecule has 0 spiro atoms. The van der Waals surface area contributed by atoms with Gasteiger partial charge in [-0.25, -0.2) is 8.42 Å². The van der Waals surface area contributed by atoms with Crippen LogP contribution < -0.4 is 5.32 Å². The van der Waals surface area contributed by atoms with Crippen LogP contribution in [-0.4, -0.2) is 55.2 Å². The Kier molecular flexibility index (Phi) is 6.44. The van der Waals surface area contributed by atoms with Crippen LogP contribution in [0.1, 0.15) is 32.6 Å². The molecule has 0 saturated heterocycles. The van der Waals surface area contributed by atoms with Crippen molar-refractivity contribution in [3.05, 3.63) is 0 Å². The molecule has 6 heteroatoms. The summed E-state index contributed by atoms with van der Waals surface area (Å²) in [6, 6.07) is 0.461. The molecular weight excluding hydrogens is 270 g/mol. The molecule has 0 amide bonds. The number of rotatable bonds is 6. The zero-order valence-corrected chi connectivity index (χ0v) is 13.1. The maximum Gasteiger partial charge on any atom is 0.150 e. The van der Waals surface area contributed by atoms with Crippen molar-refractivity contribution in [2.45, 2.75) is 55.2 Å². The van der Waals surface area contributed by atoms with Crippen LogP contribution in [0.15, 0.2) is 0 Å². The molecule has 0 radical (unpaired) electrons. The van der Waals surface area contributed by atoms with E-state index in [4.69, 9.17) is 0 Å². The van der Waals surface area contributed by atoms with Gasteiger partial charge in [0.2, 0.25) is 0 Å². The highest BCUT2D eigenvalue weighted by Gasteiger charge is 2.30. The fourth-order valence-corrected chi connectivity index (χ4v) is 4.41. The minimum atomic E-state index is -2.92. The fraction of sp³-hybridized carbons (Fsp3) is 1.00. The first-order valence-electron chi connectivity index (χ1n) is 6.47. The molecule has 0 aromatic rings. The summed E-state index contributed by atoms with van der Waals surface area (Å²) in [6.45, 7) is 2.21. The average Bonchev–Trinajstić information content (AvgIpc) is 2.29. The van der Waals surface area contributed by atoms with Crippen LogP contribution in [0.2, 0.25) is 0 Å². The molecule has 1 fully saturated rings. The molecule has 18 heavy (non-hydrogen) atoms. The van der Waals surface area contributed by atoms with Gasteiger partial charge >= 0.3 is 0 Å². The number of hydrogen-bond acceptors (Lipinski definition) is 5. The largest absolute Gasteiger partial charge is 0.395 e. The van der Waals surface area contributed by atoms with E-state index in [1.807, 2.05) is 6.26 Å². The highest BCUT2D eigenvalue weighted by Crippen LogP contribution is 2.25. The SMILES string of the molecule is CSC(CO)C(C)NC1CCCC(S(C)(=O)=O)C1. The molecule has 0 bridgehead atoms. The van der Waals surface area contributed by atoms with Gasteiger partial charge in [0, 0.05) is 23.6 Å². The van der Waals surface area contributed by atoms with Crippen LogP contribution in [0.3, 0.4) is 0 Å². The highest BCUT2D eigenvalue weighted by molar-refractivity contribution is 7.99. The van der Waals surface area contributed by atoms with Crippen molar-refractivity contribution in [1.82, 2.24) is 5.32 Å². The van der Waals surface area contributed by atoms with E-state index in [0.717, 1.165) is 19.3 Å². The third-order valence-corrected chi connectivity index (χ3v) is 6.57. The summed E-state index contributed by atoms with van der Waals surface area (Å²) in [7, 11) is -2.92. The molecule has 2 N–H and O–H groups in total. The van der Waals surface area contributed by atoms with Gasteiger partial charge in [-0.2, -0.15) is 11.8 Å². The molecule has 0 aromatic heterocycles. The molecule has 4 atom stereocenters. The van der Waals surface area contributed by atoms with Crippen molar-refractivity contribution in [2.75, 3.05) is 19.1 Å². The van der Waals surface area contributed by atoms with Gasteiger partial charge in [0.25, 0.3) is 0 Å². The van der Waals surface area contributed by atoms with E-state index < -0.39 is 9.84 Å². The fourth-order valence-electron chi connectivity index (χ4n) is 2.60. The Hall–Kier alpha value is 0.220. The lowest BCUT2D eigenvalue weighted by Crippen LogP contribution is -2.47. The van der Waals surface area contributed by atoms with Crippen LogP contribution in [0.25, 0.3) is 0 Å². The second-order valence-corrected chi connectivity index (χ2v) is 8.63. The van der Waals surface area contributed by atoms with Crippen molar-refractivity contribution in [3.63, 3.8) is 0 Å². The predicted molar refractivity (Wildman–Crippen MR) is 77.9 cm³/mol. The Morgan fingerprint density at radius 1 is 1.44 bits per heavy atom. The van der Waals surface area contributed by atoms with E-state index in [9.17, 15) is 13.5 Å². The third-order valence-electron chi connectivity index (χ3n) is 3.77. The first kappa shape index (κ1) is 16.3. The number of sulfone groups is 1. The maximum atomic E-state index is 11.6. The normalized spacial score (nSPS) is 28.9. The van der Waals surface area contributed by atoms with Crippen molar-refractivity contribution in [3.8, 4) is 0 Å². The van der Waals surface area contributed by atoms with Crippen LogP contribution in [0, 0.1) is 0 Å². The highest BCUT2D eigenvalue weighted by atomic mass is 32.2. The Bertz CT molecular complexity index is 341. The lowest BCUT2D eigenvalue weighted by molar-refractivity contribution is 0.260. The number of hydrogen-bond donors (Lipinski definition) is 2. The van der Waals surface area contributed by atoms with Gasteiger partial charge in [-0.15, -0.1) is 0 Å². The zero-order valence-electron chi connectivity index (χ0n) is 11.4. The summed E-state index contributed by atoms with van der Waals surface area (Å²) in [6.07, 6.45) is 6.81. The maximum absolute atomic E-state index is 11.6. The van der Waals surface area contributed by atoms with Crippen LogP contribution in [-0.2, 0) is 9.84 Å². The first-order valence-corrected chi connectivity index (χ1v) is 9.71. The van der Waals surface area contributed by atoms with Gasteiger partial charge in [-0.3, -0.25) is 0 Å². The molecule has 0 aromatic carbocycles. The van der Waals surface area contributed by atoms with Crippen molar-refractivity contribution >= 4 is 21.6 Å². The van der Waals surface area contributed by atoms with E-state index >= 15 is 0 Å². The zero-order chi connectivity index (χ0) is 13.8. The quantitative estimate of drug-likeness (QED) is 0.766. The Labute approximate surface area is 115 Å². The molecule has 0 aliphatic heterocycles. The van der Waals surface area contributed by atoms with Crippen molar-refractivity contribution in [2.24, 2.45) is 0 Å². The summed E-state index contributed by atoms with van der Waals surface area (Å²) >= 11 is 1.64. The standard InChI is InChI=1S/C12H25NO3S2/c1-9(12(8-14)17-2)13-10-5-4-6-11(7-10)18(3,15)16/h9-14H,4-8H2,1-3H3. The summed E-state index contributed by atoms with van der Waals surface area (Å²) in [5.41, 5.74) is 0. The van der Waals surface area contributed by atoms with Gasteiger partial charge in [-0.1, -0.05) is 6.42 Å². The molecule has 1 aliphatic carbocycles. The van der Waals surface area contributed by atoms with Gasteiger partial charge in [0.05, 0.1) is 11.9 Å². The first-order chi connectivity index (χ1) is 8.38. The molecule has 0 heterocycles. The van der Waals surface area contributed by atoms with E-state index in [1.54, 1.807) is 11.8 Å². The Morgan fingerprint density at radius 2 is 2.11 bits per heavy atom. The van der Waals surface area contributed by atoms with Crippen LogP contribution >= 0.6 is 11.8 Å². The second-order valence-electron chi connectivity index (χ2n) is 5.23. The molecular formula is C12H25NO3S2. The number of nitrogens with one attached hydrogen (secondary N) is 1. The Morgan fingerprint density at radius 3 is 2.61 bits per heavy atom. The summed E-state index contributed by atoms with van der Waals surface area (Å²) in [5, 5.41) is 12.7. The predicted octanol–water partition coefficient (Wildman–Crippen LogP) is 1.04. The molecule has 1 rings (SSSR count). The van der Waals surface area contributed by atoms with Crippen LogP contribution in [0.5, 0.6) is 0 Å². The summed E-state index contributed by atoms with van der Waals surface area (Å²) in [4.78, 5) is 0. The second kappa shape index (κ2) is 7.12. The third kappa shape index (κ3) is 4.72. The summed E-state index contributed by atoms with van der Waals surface area (Å²) < 4.78 is 23.2. The Balaban J connectivity index is 2.52. The van der Waals surface area contributed by atoms with E-state index in [1.165, 1.54) is 6.26 Å². The minimum absolute atomic E-state index is 0.150. The molecule has 4 unspecified atom stereocenters. The van der Waals surface area contributed by atoms with Crippen LogP contribution in [0.4, 0.5) is 0 Å². The number of aliphatic hydroxyl groups excluding tert-OH is 1. The topological polar surface area (TPSA) is 66.4 Å². The monoisotopic (exact) mass is 295 g/mol. The van der Waals surface area contributed by atoms with E-state index in [-0.39, 0.29) is 29.2 Å². The summed E-state index contributed by atoms with van der Waals surface area (Å²) in [5.74, 6) is 0. The van der Waals surface area contributed by atoms with Gasteiger partial charge in [-0.05, 0) is 32.4 Å². The lowest BCUT2D eigenvalue weighted by atomic mass is 9.94. The van der Waals surface area contributed by atoms with Crippen molar-refractivity contribution in [1.29, 1.82) is 0 Å². The number of aliphatic hydroxyl groups is 1. The molecule has 4 nitrogen and oxygen atoms in total. The molecule has 108 valence electrons.